The smallest absolute Gasteiger partial charge is 0.352 e. The molecule has 3 aromatic rings. The van der Waals surface area contributed by atoms with Crippen molar-refractivity contribution in [1.82, 2.24) is 4.57 Å². The number of ether oxygens (including phenoxy) is 1. The second kappa shape index (κ2) is 5.77. The average molecular weight is 335 g/mol. The van der Waals surface area contributed by atoms with Gasteiger partial charge in [0, 0.05) is 17.0 Å². The van der Waals surface area contributed by atoms with Crippen molar-refractivity contribution in [3.63, 3.8) is 0 Å². The summed E-state index contributed by atoms with van der Waals surface area (Å²) < 4.78 is 7.60. The molecule has 0 atom stereocenters. The van der Waals surface area contributed by atoms with Crippen LogP contribution in [-0.2, 0) is 0 Å². The standard InChI is InChI=1S/C20H17NO4/c1-12-18(20(23)24)21(13-7-8-13)17-10-9-15(11-16(17)19(12)22)25-14-5-3-2-4-6-14/h2-6,9-11,13H,7-8H2,1H3,(H,23,24). The molecule has 0 aliphatic heterocycles. The van der Waals surface area contributed by atoms with Crippen molar-refractivity contribution in [2.45, 2.75) is 25.8 Å². The summed E-state index contributed by atoms with van der Waals surface area (Å²) >= 11 is 0. The molecule has 1 N–H and O–H groups in total. The van der Waals surface area contributed by atoms with Crippen LogP contribution in [0.3, 0.4) is 0 Å². The van der Waals surface area contributed by atoms with Gasteiger partial charge >= 0.3 is 5.97 Å². The predicted octanol–water partition coefficient (Wildman–Crippen LogP) is 4.14. The lowest BCUT2D eigenvalue weighted by Crippen LogP contribution is -2.21. The summed E-state index contributed by atoms with van der Waals surface area (Å²) in [6.45, 7) is 1.58. The van der Waals surface area contributed by atoms with Gasteiger partial charge in [-0.05, 0) is 50.1 Å². The van der Waals surface area contributed by atoms with E-state index in [-0.39, 0.29) is 22.7 Å². The average Bonchev–Trinajstić information content (AvgIpc) is 3.43. The number of rotatable bonds is 4. The third kappa shape index (κ3) is 2.67. The Kier molecular flexibility index (Phi) is 3.57. The van der Waals surface area contributed by atoms with Gasteiger partial charge in [-0.25, -0.2) is 4.79 Å². The highest BCUT2D eigenvalue weighted by atomic mass is 16.5. The second-order valence-electron chi connectivity index (χ2n) is 6.30. The van der Waals surface area contributed by atoms with Crippen molar-refractivity contribution in [3.05, 3.63) is 70.0 Å². The van der Waals surface area contributed by atoms with Gasteiger partial charge in [0.2, 0.25) is 0 Å². The van der Waals surface area contributed by atoms with E-state index in [1.165, 1.54) is 0 Å². The number of carboxylic acid groups (broad SMARTS) is 1. The fourth-order valence-corrected chi connectivity index (χ4v) is 3.18. The lowest BCUT2D eigenvalue weighted by molar-refractivity contribution is 0.0683. The zero-order valence-electron chi connectivity index (χ0n) is 13.7. The van der Waals surface area contributed by atoms with Crippen molar-refractivity contribution >= 4 is 16.9 Å². The molecule has 1 aliphatic rings. The highest BCUT2D eigenvalue weighted by Crippen LogP contribution is 2.39. The maximum absolute atomic E-state index is 12.7. The molecule has 4 rings (SSSR count). The van der Waals surface area contributed by atoms with Crippen molar-refractivity contribution < 1.29 is 14.6 Å². The first-order valence-electron chi connectivity index (χ1n) is 8.21. The molecule has 0 amide bonds. The van der Waals surface area contributed by atoms with Crippen molar-refractivity contribution in [3.8, 4) is 11.5 Å². The van der Waals surface area contributed by atoms with Crippen LogP contribution in [0.15, 0.2) is 53.3 Å². The first kappa shape index (κ1) is 15.4. The zero-order valence-corrected chi connectivity index (χ0v) is 13.7. The highest BCUT2D eigenvalue weighted by Gasteiger charge is 2.30. The summed E-state index contributed by atoms with van der Waals surface area (Å²) in [7, 11) is 0. The molecular formula is C20H17NO4. The highest BCUT2D eigenvalue weighted by molar-refractivity contribution is 5.93. The summed E-state index contributed by atoms with van der Waals surface area (Å²) in [5.74, 6) is 0.178. The number of aromatic nitrogens is 1. The minimum atomic E-state index is -1.06. The Balaban J connectivity index is 1.91. The van der Waals surface area contributed by atoms with Crippen LogP contribution in [0, 0.1) is 6.92 Å². The Morgan fingerprint density at radius 3 is 2.48 bits per heavy atom. The van der Waals surface area contributed by atoms with Gasteiger partial charge in [0.05, 0.1) is 5.52 Å². The van der Waals surface area contributed by atoms with E-state index in [0.29, 0.717) is 22.4 Å². The van der Waals surface area contributed by atoms with Crippen LogP contribution in [0.2, 0.25) is 0 Å². The Morgan fingerprint density at radius 2 is 1.84 bits per heavy atom. The molecule has 1 saturated carbocycles. The number of para-hydroxylation sites is 1. The predicted molar refractivity (Wildman–Crippen MR) is 94.7 cm³/mol. The first-order chi connectivity index (χ1) is 12.1. The monoisotopic (exact) mass is 335 g/mol. The van der Waals surface area contributed by atoms with Gasteiger partial charge < -0.3 is 14.4 Å². The molecule has 5 heteroatoms. The van der Waals surface area contributed by atoms with Gasteiger partial charge in [0.25, 0.3) is 0 Å². The molecule has 0 bridgehead atoms. The number of carboxylic acids is 1. The molecule has 0 spiro atoms. The number of fused-ring (bicyclic) bond motifs is 1. The number of benzene rings is 2. The van der Waals surface area contributed by atoms with Crippen molar-refractivity contribution in [2.75, 3.05) is 0 Å². The maximum Gasteiger partial charge on any atom is 0.352 e. The first-order valence-corrected chi connectivity index (χ1v) is 8.21. The van der Waals surface area contributed by atoms with E-state index >= 15 is 0 Å². The summed E-state index contributed by atoms with van der Waals surface area (Å²) in [5.41, 5.74) is 0.749. The van der Waals surface area contributed by atoms with Crippen LogP contribution in [0.4, 0.5) is 0 Å². The van der Waals surface area contributed by atoms with Crippen LogP contribution >= 0.6 is 0 Å². The van der Waals surface area contributed by atoms with E-state index in [1.807, 2.05) is 30.3 Å². The van der Waals surface area contributed by atoms with E-state index < -0.39 is 5.97 Å². The third-order valence-corrected chi connectivity index (χ3v) is 4.50. The topological polar surface area (TPSA) is 68.5 Å². The molecule has 5 nitrogen and oxygen atoms in total. The van der Waals surface area contributed by atoms with Gasteiger partial charge in [-0.3, -0.25) is 4.79 Å². The lowest BCUT2D eigenvalue weighted by Gasteiger charge is -2.17. The molecule has 1 fully saturated rings. The van der Waals surface area contributed by atoms with Gasteiger partial charge in [-0.1, -0.05) is 18.2 Å². The molecule has 1 aromatic heterocycles. The third-order valence-electron chi connectivity index (χ3n) is 4.50. The molecular weight excluding hydrogens is 318 g/mol. The van der Waals surface area contributed by atoms with Gasteiger partial charge in [-0.15, -0.1) is 0 Å². The number of hydrogen-bond acceptors (Lipinski definition) is 3. The Hall–Kier alpha value is -3.08. The lowest BCUT2D eigenvalue weighted by atomic mass is 10.1. The number of aromatic carboxylic acids is 1. The molecule has 25 heavy (non-hydrogen) atoms. The number of pyridine rings is 1. The Morgan fingerprint density at radius 1 is 1.12 bits per heavy atom. The van der Waals surface area contributed by atoms with Crippen molar-refractivity contribution in [1.29, 1.82) is 0 Å². The normalized spacial score (nSPS) is 13.8. The van der Waals surface area contributed by atoms with Crippen LogP contribution in [0.1, 0.15) is 34.9 Å². The van der Waals surface area contributed by atoms with E-state index in [1.54, 1.807) is 29.7 Å². The van der Waals surface area contributed by atoms with Gasteiger partial charge in [-0.2, -0.15) is 0 Å². The molecule has 0 radical (unpaired) electrons. The quantitative estimate of drug-likeness (QED) is 0.778. The molecule has 1 aliphatic carbocycles. The van der Waals surface area contributed by atoms with E-state index in [0.717, 1.165) is 12.8 Å². The number of hydrogen-bond donors (Lipinski definition) is 1. The molecule has 0 unspecified atom stereocenters. The van der Waals surface area contributed by atoms with E-state index in [4.69, 9.17) is 4.74 Å². The summed E-state index contributed by atoms with van der Waals surface area (Å²) in [6.07, 6.45) is 1.86. The summed E-state index contributed by atoms with van der Waals surface area (Å²) in [6, 6.07) is 14.7. The summed E-state index contributed by atoms with van der Waals surface area (Å²) in [4.78, 5) is 24.4. The SMILES string of the molecule is Cc1c(C(=O)O)n(C2CC2)c2ccc(Oc3ccccc3)cc2c1=O. The maximum atomic E-state index is 12.7. The van der Waals surface area contributed by atoms with E-state index in [2.05, 4.69) is 0 Å². The van der Waals surface area contributed by atoms with Crippen LogP contribution in [0.25, 0.3) is 10.9 Å². The minimum absolute atomic E-state index is 0.0942. The minimum Gasteiger partial charge on any atom is -0.477 e. The van der Waals surface area contributed by atoms with Crippen LogP contribution in [0.5, 0.6) is 11.5 Å². The van der Waals surface area contributed by atoms with Gasteiger partial charge in [0.15, 0.2) is 5.43 Å². The molecule has 126 valence electrons. The molecule has 1 heterocycles. The summed E-state index contributed by atoms with van der Waals surface area (Å²) in [5, 5.41) is 10.1. The van der Waals surface area contributed by atoms with Gasteiger partial charge in [0.1, 0.15) is 17.2 Å². The largest absolute Gasteiger partial charge is 0.477 e. The second-order valence-corrected chi connectivity index (χ2v) is 6.30. The van der Waals surface area contributed by atoms with Crippen molar-refractivity contribution in [2.24, 2.45) is 0 Å². The fourth-order valence-electron chi connectivity index (χ4n) is 3.18. The van der Waals surface area contributed by atoms with E-state index in [9.17, 15) is 14.7 Å². The van der Waals surface area contributed by atoms with Crippen LogP contribution in [-0.4, -0.2) is 15.6 Å². The fraction of sp³-hybridized carbons (Fsp3) is 0.200. The number of nitrogens with zero attached hydrogens (tertiary/aromatic N) is 1. The Labute approximate surface area is 144 Å². The van der Waals surface area contributed by atoms with Crippen LogP contribution < -0.4 is 10.2 Å². The Bertz CT molecular complexity index is 1030. The molecule has 2 aromatic carbocycles. The number of carbonyl (C=O) groups is 1. The molecule has 0 saturated heterocycles. The zero-order chi connectivity index (χ0) is 17.6.